The van der Waals surface area contributed by atoms with E-state index in [0.717, 1.165) is 6.42 Å². The van der Waals surface area contributed by atoms with Crippen molar-refractivity contribution in [1.29, 1.82) is 0 Å². The van der Waals surface area contributed by atoms with Crippen molar-refractivity contribution in [2.45, 2.75) is 71.1 Å². The molecule has 1 amide bonds. The number of aliphatic hydroxyl groups excluding tert-OH is 1. The molecule has 0 bridgehead atoms. The lowest BCUT2D eigenvalue weighted by molar-refractivity contribution is 0.0587. The molecule has 3 aromatic rings. The van der Waals surface area contributed by atoms with Crippen LogP contribution in [0.3, 0.4) is 0 Å². The molecular formula is C25H35N7O5. The van der Waals surface area contributed by atoms with Crippen molar-refractivity contribution >= 4 is 29.1 Å². The fourth-order valence-corrected chi connectivity index (χ4v) is 3.93. The van der Waals surface area contributed by atoms with Crippen molar-refractivity contribution in [3.63, 3.8) is 0 Å². The molecule has 12 nitrogen and oxygen atoms in total. The van der Waals surface area contributed by atoms with E-state index < -0.39 is 17.9 Å². The van der Waals surface area contributed by atoms with Crippen molar-refractivity contribution in [3.05, 3.63) is 46.5 Å². The van der Waals surface area contributed by atoms with Crippen LogP contribution in [0.15, 0.2) is 35.4 Å². The van der Waals surface area contributed by atoms with E-state index in [9.17, 15) is 14.7 Å². The van der Waals surface area contributed by atoms with Gasteiger partial charge in [-0.3, -0.25) is 15.0 Å². The number of pyridine rings is 1. The maximum atomic E-state index is 13.0. The molecule has 200 valence electrons. The van der Waals surface area contributed by atoms with Crippen molar-refractivity contribution < 1.29 is 19.4 Å². The smallest absolute Gasteiger partial charge is 0.415 e. The quantitative estimate of drug-likeness (QED) is 0.389. The van der Waals surface area contributed by atoms with Gasteiger partial charge in [0.25, 0.3) is 5.56 Å². The molecule has 0 spiro atoms. The van der Waals surface area contributed by atoms with Gasteiger partial charge in [-0.15, -0.1) is 0 Å². The number of carbonyl (C=O) groups is 1. The minimum absolute atomic E-state index is 0.0129. The summed E-state index contributed by atoms with van der Waals surface area (Å²) in [5.74, 6) is 0.633. The molecular weight excluding hydrogens is 478 g/mol. The number of carbonyl (C=O) groups excluding carboxylic acids is 1. The number of aliphatic hydroxyl groups is 1. The van der Waals surface area contributed by atoms with Crippen molar-refractivity contribution in [1.82, 2.24) is 24.5 Å². The summed E-state index contributed by atoms with van der Waals surface area (Å²) in [6, 6.07) is 5.02. The molecule has 1 unspecified atom stereocenters. The van der Waals surface area contributed by atoms with Gasteiger partial charge in [0, 0.05) is 38.5 Å². The number of amides is 1. The Morgan fingerprint density at radius 2 is 2.05 bits per heavy atom. The fraction of sp³-hybridized carbons (Fsp3) is 0.520. The van der Waals surface area contributed by atoms with Crippen molar-refractivity contribution in [2.75, 3.05) is 24.4 Å². The Bertz CT molecular complexity index is 1340. The summed E-state index contributed by atoms with van der Waals surface area (Å²) in [7, 11) is 3.19. The van der Waals surface area contributed by atoms with Gasteiger partial charge in [0.05, 0.1) is 17.9 Å². The van der Waals surface area contributed by atoms with Crippen LogP contribution in [0.5, 0.6) is 0 Å². The monoisotopic (exact) mass is 513 g/mol. The van der Waals surface area contributed by atoms with Gasteiger partial charge in [0.15, 0.2) is 5.65 Å². The average Bonchev–Trinajstić information content (AvgIpc) is 3.43. The van der Waals surface area contributed by atoms with Crippen LogP contribution in [0.25, 0.3) is 5.65 Å². The minimum Gasteiger partial charge on any atom is -0.443 e. The first-order chi connectivity index (χ1) is 17.4. The summed E-state index contributed by atoms with van der Waals surface area (Å²) in [5, 5.41) is 21.5. The van der Waals surface area contributed by atoms with Gasteiger partial charge in [0.2, 0.25) is 0 Å². The first-order valence-corrected chi connectivity index (χ1v) is 12.2. The van der Waals surface area contributed by atoms with Crippen LogP contribution in [-0.2, 0) is 9.47 Å². The van der Waals surface area contributed by atoms with Crippen LogP contribution in [0.4, 0.5) is 22.1 Å². The predicted octanol–water partition coefficient (Wildman–Crippen LogP) is 2.95. The van der Waals surface area contributed by atoms with E-state index in [1.54, 1.807) is 63.9 Å². The van der Waals surface area contributed by atoms with Gasteiger partial charge in [-0.25, -0.2) is 9.78 Å². The van der Waals surface area contributed by atoms with E-state index in [1.807, 2.05) is 13.8 Å². The summed E-state index contributed by atoms with van der Waals surface area (Å²) in [6.07, 6.45) is 2.38. The van der Waals surface area contributed by atoms with Crippen LogP contribution < -0.4 is 21.1 Å². The van der Waals surface area contributed by atoms with Gasteiger partial charge in [0.1, 0.15) is 29.2 Å². The molecule has 1 aliphatic carbocycles. The number of anilines is 3. The summed E-state index contributed by atoms with van der Waals surface area (Å²) in [6.45, 7) is 9.18. The zero-order valence-corrected chi connectivity index (χ0v) is 22.2. The lowest BCUT2D eigenvalue weighted by Gasteiger charge is -2.25. The lowest BCUT2D eigenvalue weighted by Crippen LogP contribution is -2.35. The average molecular weight is 514 g/mol. The fourth-order valence-electron chi connectivity index (χ4n) is 3.93. The number of nitrogens with zero attached hydrogens (tertiary/aromatic N) is 5. The number of hydrogen-bond acceptors (Lipinski definition) is 9. The van der Waals surface area contributed by atoms with Crippen LogP contribution in [0.1, 0.15) is 58.9 Å². The van der Waals surface area contributed by atoms with E-state index in [4.69, 9.17) is 9.47 Å². The lowest BCUT2D eigenvalue weighted by atomic mass is 10.2. The molecule has 0 aliphatic heterocycles. The van der Waals surface area contributed by atoms with Crippen molar-refractivity contribution in [3.8, 4) is 0 Å². The molecule has 37 heavy (non-hydrogen) atoms. The van der Waals surface area contributed by atoms with Crippen molar-refractivity contribution in [2.24, 2.45) is 0 Å². The summed E-state index contributed by atoms with van der Waals surface area (Å²) in [4.78, 5) is 31.8. The largest absolute Gasteiger partial charge is 0.443 e. The SMILES string of the molecule is CO[C@@H]1C[C@H]1NC(O)c1cnn2c(N(C)C(=O)OC(C)(C)C)cc(Nc3cccn(C(C)C)c3=O)nc12. The van der Waals surface area contributed by atoms with Crippen LogP contribution in [-0.4, -0.2) is 62.3 Å². The first kappa shape index (κ1) is 26.6. The molecule has 1 aliphatic rings. The molecule has 3 N–H and O–H groups in total. The highest BCUT2D eigenvalue weighted by Gasteiger charge is 2.39. The maximum absolute atomic E-state index is 13.0. The Labute approximate surface area is 215 Å². The topological polar surface area (TPSA) is 135 Å². The molecule has 1 saturated carbocycles. The van der Waals surface area contributed by atoms with E-state index in [1.165, 1.54) is 15.6 Å². The number of rotatable bonds is 8. The van der Waals surface area contributed by atoms with Crippen LogP contribution in [0.2, 0.25) is 0 Å². The Balaban J connectivity index is 1.77. The highest BCUT2D eigenvalue weighted by molar-refractivity contribution is 5.87. The molecule has 3 atom stereocenters. The second kappa shape index (κ2) is 10.1. The highest BCUT2D eigenvalue weighted by atomic mass is 16.6. The Kier molecular flexibility index (Phi) is 7.27. The molecule has 3 aromatic heterocycles. The second-order valence-corrected chi connectivity index (χ2v) is 10.4. The standard InChI is InChI=1S/C25H35N7O5/c1-14(2)31-10-8-9-16(23(31)34)27-19-12-20(30(6)24(35)37-25(3,4)5)32-21(29-19)15(13-26-32)22(33)28-17-11-18(17)36-7/h8-10,12-14,17-18,22,28,33H,11H2,1-7H3,(H,27,29)/t17-,18-,22?/m1/s1. The summed E-state index contributed by atoms with van der Waals surface area (Å²) in [5.41, 5.74) is 0.125. The first-order valence-electron chi connectivity index (χ1n) is 12.2. The molecule has 0 saturated heterocycles. The third-order valence-electron chi connectivity index (χ3n) is 5.99. The summed E-state index contributed by atoms with van der Waals surface area (Å²) < 4.78 is 13.9. The molecule has 4 rings (SSSR count). The number of nitrogens with one attached hydrogen (secondary N) is 2. The normalized spacial score (nSPS) is 18.2. The van der Waals surface area contributed by atoms with Gasteiger partial charge < -0.3 is 24.5 Å². The predicted molar refractivity (Wildman–Crippen MR) is 139 cm³/mol. The highest BCUT2D eigenvalue weighted by Crippen LogP contribution is 2.30. The Morgan fingerprint density at radius 3 is 2.68 bits per heavy atom. The maximum Gasteiger partial charge on any atom is 0.415 e. The van der Waals surface area contributed by atoms with Crippen LogP contribution in [0, 0.1) is 0 Å². The third-order valence-corrected chi connectivity index (χ3v) is 5.99. The van der Waals surface area contributed by atoms with Gasteiger partial charge in [-0.1, -0.05) is 0 Å². The summed E-state index contributed by atoms with van der Waals surface area (Å²) >= 11 is 0. The number of ether oxygens (including phenoxy) is 2. The zero-order chi connectivity index (χ0) is 27.1. The van der Waals surface area contributed by atoms with E-state index >= 15 is 0 Å². The van der Waals surface area contributed by atoms with Gasteiger partial charge in [-0.2, -0.15) is 9.61 Å². The van der Waals surface area contributed by atoms with E-state index in [-0.39, 0.29) is 23.7 Å². The second-order valence-electron chi connectivity index (χ2n) is 10.4. The Hall–Kier alpha value is -3.48. The van der Waals surface area contributed by atoms with E-state index in [2.05, 4.69) is 20.7 Å². The van der Waals surface area contributed by atoms with Gasteiger partial charge in [-0.05, 0) is 53.2 Å². The third kappa shape index (κ3) is 5.76. The molecule has 12 heteroatoms. The van der Waals surface area contributed by atoms with Gasteiger partial charge >= 0.3 is 6.09 Å². The molecule has 0 radical (unpaired) electrons. The number of aromatic nitrogens is 4. The van der Waals surface area contributed by atoms with E-state index in [0.29, 0.717) is 28.5 Å². The molecule has 0 aromatic carbocycles. The Morgan fingerprint density at radius 1 is 1.32 bits per heavy atom. The minimum atomic E-state index is -1.07. The molecule has 3 heterocycles. The zero-order valence-electron chi connectivity index (χ0n) is 22.2. The molecule has 1 fully saturated rings. The van der Waals surface area contributed by atoms with Crippen LogP contribution >= 0.6 is 0 Å². The number of hydrogen-bond donors (Lipinski definition) is 3. The number of fused-ring (bicyclic) bond motifs is 1. The number of methoxy groups -OCH3 is 1.